The Morgan fingerprint density at radius 1 is 0.944 bits per heavy atom. The Balaban J connectivity index is 0.00000304. The highest BCUT2D eigenvalue weighted by atomic mass is 15.2. The minimum atomic E-state index is 0. The smallest absolute Gasteiger partial charge is 0.0781 e. The molecule has 1 heterocycles. The van der Waals surface area contributed by atoms with Crippen molar-refractivity contribution in [2.45, 2.75) is 119 Å². The van der Waals surface area contributed by atoms with Gasteiger partial charge in [-0.05, 0) is 105 Å². The molecule has 5 rings (SSSR count). The van der Waals surface area contributed by atoms with Crippen molar-refractivity contribution < 1.29 is 0 Å². The second-order valence-electron chi connectivity index (χ2n) is 14.9. The zero-order valence-electron chi connectivity index (χ0n) is 24.0. The van der Waals surface area contributed by atoms with Crippen LogP contribution in [0.25, 0.3) is 0 Å². The monoisotopic (exact) mass is 497 g/mol. The van der Waals surface area contributed by atoms with Gasteiger partial charge in [0.2, 0.25) is 0 Å². The molecule has 1 aliphatic heterocycles. The van der Waals surface area contributed by atoms with Gasteiger partial charge in [0, 0.05) is 43.5 Å². The van der Waals surface area contributed by atoms with Crippen molar-refractivity contribution in [3.05, 3.63) is 12.3 Å². The van der Waals surface area contributed by atoms with Crippen LogP contribution >= 0.6 is 0 Å². The maximum Gasteiger partial charge on any atom is 0.0781 e. The highest BCUT2D eigenvalue weighted by molar-refractivity contribution is 5.85. The van der Waals surface area contributed by atoms with Crippen LogP contribution < -0.4 is 5.32 Å². The van der Waals surface area contributed by atoms with E-state index in [9.17, 15) is 0 Å². The third-order valence-electron chi connectivity index (χ3n) is 12.3. The zero-order chi connectivity index (χ0) is 25.0. The molecule has 3 heteroatoms. The summed E-state index contributed by atoms with van der Waals surface area (Å²) in [7, 11) is 2.20. The van der Waals surface area contributed by atoms with Gasteiger partial charge in [-0.15, -0.1) is 0 Å². The highest BCUT2D eigenvalue weighted by Crippen LogP contribution is 2.67. The van der Waals surface area contributed by atoms with Crippen LogP contribution in [0.3, 0.4) is 0 Å². The normalized spacial score (nSPS) is 43.7. The van der Waals surface area contributed by atoms with Crippen molar-refractivity contribution in [2.75, 3.05) is 26.7 Å². The molecule has 0 spiro atoms. The molecule has 8 unspecified atom stereocenters. The molecule has 0 bridgehead atoms. The molecule has 5 aliphatic rings. The summed E-state index contributed by atoms with van der Waals surface area (Å²) in [5.41, 5.74) is 4.13. The number of nitrogens with one attached hydrogen (secondary N) is 1. The molecule has 206 valence electrons. The third kappa shape index (κ3) is 4.96. The zero-order valence-corrected chi connectivity index (χ0v) is 24.0. The van der Waals surface area contributed by atoms with Crippen LogP contribution in [0.15, 0.2) is 17.3 Å². The standard InChI is InChI=1S/C32H55N3.CH4/c1-22(35(7)20-25-18-30(3,4)21-34-25)19-33-23(2)27-13-14-28-26-12-11-24-10-8-9-16-31(24,5)29(26)15-17-32(27,28)6;/h24-29,34H,1,8-21H2,2-7H3;1H4. The molecular weight excluding hydrogens is 438 g/mol. The minimum Gasteiger partial charge on any atom is -0.375 e. The Bertz CT molecular complexity index is 829. The maximum absolute atomic E-state index is 5.20. The molecule has 3 nitrogen and oxygen atoms in total. The lowest BCUT2D eigenvalue weighted by Crippen LogP contribution is -2.53. The average molecular weight is 498 g/mol. The number of hydrogen-bond acceptors (Lipinski definition) is 3. The van der Waals surface area contributed by atoms with Crippen LogP contribution in [0, 0.1) is 45.8 Å². The fourth-order valence-electron chi connectivity index (χ4n) is 10.2. The lowest BCUT2D eigenvalue weighted by molar-refractivity contribution is -0.106. The van der Waals surface area contributed by atoms with Crippen LogP contribution in [0.2, 0.25) is 0 Å². The van der Waals surface area contributed by atoms with Gasteiger partial charge in [0.05, 0.1) is 6.54 Å². The van der Waals surface area contributed by atoms with Crippen LogP contribution in [0.5, 0.6) is 0 Å². The molecule has 0 radical (unpaired) electrons. The minimum absolute atomic E-state index is 0. The molecule has 36 heavy (non-hydrogen) atoms. The number of fused-ring (bicyclic) bond motifs is 5. The predicted molar refractivity (Wildman–Crippen MR) is 156 cm³/mol. The first kappa shape index (κ1) is 28.2. The fourth-order valence-corrected chi connectivity index (χ4v) is 10.2. The molecule has 0 aromatic carbocycles. The van der Waals surface area contributed by atoms with Gasteiger partial charge in [-0.2, -0.15) is 0 Å². The first-order valence-corrected chi connectivity index (χ1v) is 15.2. The topological polar surface area (TPSA) is 27.6 Å². The molecule has 4 saturated carbocycles. The Morgan fingerprint density at radius 2 is 1.69 bits per heavy atom. The van der Waals surface area contributed by atoms with Crippen molar-refractivity contribution in [3.63, 3.8) is 0 Å². The molecule has 8 atom stereocenters. The van der Waals surface area contributed by atoms with E-state index in [4.69, 9.17) is 4.99 Å². The summed E-state index contributed by atoms with van der Waals surface area (Å²) in [6.45, 7) is 19.8. The first-order chi connectivity index (χ1) is 16.5. The van der Waals surface area contributed by atoms with Gasteiger partial charge >= 0.3 is 0 Å². The number of rotatable bonds is 6. The van der Waals surface area contributed by atoms with E-state index in [1.165, 1.54) is 82.0 Å². The SMILES string of the molecule is C.C=C(CN=C(C)C1CCC2C3CCC4CCCCC4(C)C3CCC12C)N(C)CC1CC(C)(C)CN1. The highest BCUT2D eigenvalue weighted by Gasteiger charge is 2.59. The van der Waals surface area contributed by atoms with E-state index in [1.807, 2.05) is 0 Å². The summed E-state index contributed by atoms with van der Waals surface area (Å²) in [4.78, 5) is 7.56. The van der Waals surface area contributed by atoms with Crippen LogP contribution in [-0.4, -0.2) is 43.3 Å². The second-order valence-corrected chi connectivity index (χ2v) is 14.9. The van der Waals surface area contributed by atoms with Crippen molar-refractivity contribution >= 4 is 5.71 Å². The van der Waals surface area contributed by atoms with Crippen molar-refractivity contribution in [2.24, 2.45) is 50.8 Å². The van der Waals surface area contributed by atoms with Gasteiger partial charge in [-0.3, -0.25) is 4.99 Å². The molecule has 0 aromatic rings. The van der Waals surface area contributed by atoms with Crippen LogP contribution in [-0.2, 0) is 0 Å². The average Bonchev–Trinajstić information content (AvgIpc) is 3.34. The molecule has 0 amide bonds. The van der Waals surface area contributed by atoms with Gasteiger partial charge in [0.25, 0.3) is 0 Å². The summed E-state index contributed by atoms with van der Waals surface area (Å²) in [6, 6.07) is 0.572. The van der Waals surface area contributed by atoms with Gasteiger partial charge < -0.3 is 10.2 Å². The number of hydrogen-bond donors (Lipinski definition) is 1. The Hall–Kier alpha value is -0.830. The van der Waals surface area contributed by atoms with Crippen LogP contribution in [0.4, 0.5) is 0 Å². The second kappa shape index (κ2) is 10.4. The molecule has 1 N–H and O–H groups in total. The van der Waals surface area contributed by atoms with E-state index in [-0.39, 0.29) is 7.43 Å². The van der Waals surface area contributed by atoms with E-state index in [0.29, 0.717) is 28.2 Å². The Kier molecular flexibility index (Phi) is 8.13. The van der Waals surface area contributed by atoms with Crippen molar-refractivity contribution in [1.29, 1.82) is 0 Å². The van der Waals surface area contributed by atoms with E-state index >= 15 is 0 Å². The summed E-state index contributed by atoms with van der Waals surface area (Å²) in [6.07, 6.45) is 16.0. The number of likely N-dealkylation sites (N-methyl/N-ethyl adjacent to an activating group) is 1. The quantitative estimate of drug-likeness (QED) is 0.377. The van der Waals surface area contributed by atoms with E-state index in [0.717, 1.165) is 43.3 Å². The number of nitrogens with zero attached hydrogens (tertiary/aromatic N) is 2. The molecule has 1 saturated heterocycles. The summed E-state index contributed by atoms with van der Waals surface area (Å²) in [5, 5.41) is 3.70. The maximum atomic E-state index is 5.20. The summed E-state index contributed by atoms with van der Waals surface area (Å²) < 4.78 is 0. The lowest BCUT2D eigenvalue weighted by Gasteiger charge is -2.60. The molecule has 5 fully saturated rings. The Labute approximate surface area is 224 Å². The van der Waals surface area contributed by atoms with E-state index in [2.05, 4.69) is 58.5 Å². The summed E-state index contributed by atoms with van der Waals surface area (Å²) in [5.74, 6) is 4.61. The molecule has 4 aliphatic carbocycles. The van der Waals surface area contributed by atoms with Crippen molar-refractivity contribution in [3.8, 4) is 0 Å². The number of aliphatic imine (C=N–C) groups is 1. The fraction of sp³-hybridized carbons (Fsp3) is 0.909. The van der Waals surface area contributed by atoms with E-state index < -0.39 is 0 Å². The van der Waals surface area contributed by atoms with Gasteiger partial charge in [0.15, 0.2) is 0 Å². The third-order valence-corrected chi connectivity index (χ3v) is 12.3. The molecule has 0 aromatic heterocycles. The van der Waals surface area contributed by atoms with E-state index in [1.54, 1.807) is 0 Å². The van der Waals surface area contributed by atoms with Crippen molar-refractivity contribution in [1.82, 2.24) is 10.2 Å². The lowest BCUT2D eigenvalue weighted by atomic mass is 9.45. The Morgan fingerprint density at radius 3 is 2.42 bits per heavy atom. The van der Waals surface area contributed by atoms with Gasteiger partial charge in [-0.25, -0.2) is 0 Å². The summed E-state index contributed by atoms with van der Waals surface area (Å²) >= 11 is 0. The first-order valence-electron chi connectivity index (χ1n) is 15.2. The largest absolute Gasteiger partial charge is 0.375 e. The van der Waals surface area contributed by atoms with Gasteiger partial charge in [0.1, 0.15) is 0 Å². The molecular formula is C33H59N3. The van der Waals surface area contributed by atoms with Crippen LogP contribution in [0.1, 0.15) is 113 Å². The predicted octanol–water partition coefficient (Wildman–Crippen LogP) is 7.97. The van der Waals surface area contributed by atoms with Gasteiger partial charge in [-0.1, -0.05) is 54.5 Å².